The van der Waals surface area contributed by atoms with Crippen molar-refractivity contribution in [3.8, 4) is 39.5 Å². The number of methoxy groups -OCH3 is 1. The van der Waals surface area contributed by atoms with Crippen LogP contribution < -0.4 is 4.74 Å². The van der Waals surface area contributed by atoms with Crippen molar-refractivity contribution in [3.63, 3.8) is 0 Å². The van der Waals surface area contributed by atoms with E-state index in [0.717, 1.165) is 91.5 Å². The number of nitrogens with zero attached hydrogens (tertiary/aromatic N) is 9. The molecule has 2 aromatic carbocycles. The van der Waals surface area contributed by atoms with Gasteiger partial charge >= 0.3 is 0 Å². The summed E-state index contributed by atoms with van der Waals surface area (Å²) in [5.74, 6) is 0.691. The van der Waals surface area contributed by atoms with Crippen molar-refractivity contribution < 1.29 is 14.3 Å². The van der Waals surface area contributed by atoms with Gasteiger partial charge in [-0.05, 0) is 6.92 Å². The van der Waals surface area contributed by atoms with Crippen LogP contribution in [0.3, 0.4) is 0 Å². The van der Waals surface area contributed by atoms with Gasteiger partial charge < -0.3 is 19.1 Å². The Balaban J connectivity index is 1.03. The largest absolute Gasteiger partial charge is 0.480 e. The van der Waals surface area contributed by atoms with Crippen LogP contribution in [-0.4, -0.2) is 115 Å². The van der Waals surface area contributed by atoms with E-state index in [1.807, 2.05) is 46.2 Å². The number of hydrogen-bond acceptors (Lipinski definition) is 9. The SMILES string of the molecule is CCn1cc(CN2CC3(C2)CN(C(C)=O)C3)c2ncc(-c3cccc(-c4cccc(-c5cnc(CN6CCN(C(C)=O)CC6)c(OC)n5)c4Cl)c3Cl)nc21. The number of amides is 2. The first-order valence-electron chi connectivity index (χ1n) is 18.3. The van der Waals surface area contributed by atoms with Gasteiger partial charge in [0.05, 0.1) is 40.9 Å². The average molecular weight is 769 g/mol. The summed E-state index contributed by atoms with van der Waals surface area (Å²) in [4.78, 5) is 51.5. The fourth-order valence-electron chi connectivity index (χ4n) is 8.15. The molecule has 0 radical (unpaired) electrons. The molecular weight excluding hydrogens is 725 g/mol. The molecular formula is C40H43Cl2N9O3. The maximum atomic E-state index is 11.8. The molecule has 3 aliphatic rings. The van der Waals surface area contributed by atoms with Crippen LogP contribution in [0.4, 0.5) is 0 Å². The summed E-state index contributed by atoms with van der Waals surface area (Å²) in [7, 11) is 1.59. The predicted molar refractivity (Wildman–Crippen MR) is 209 cm³/mol. The second-order valence-corrected chi connectivity index (χ2v) is 15.5. The lowest BCUT2D eigenvalue weighted by Crippen LogP contribution is -2.72. The lowest BCUT2D eigenvalue weighted by molar-refractivity contribution is -0.157. The highest BCUT2D eigenvalue weighted by Gasteiger charge is 2.52. The van der Waals surface area contributed by atoms with Crippen molar-refractivity contribution >= 4 is 46.2 Å². The maximum absolute atomic E-state index is 11.8. The smallest absolute Gasteiger partial charge is 0.237 e. The van der Waals surface area contributed by atoms with Gasteiger partial charge in [-0.1, -0.05) is 59.6 Å². The lowest BCUT2D eigenvalue weighted by atomic mass is 9.72. The number of carbonyl (C=O) groups excluding carboxylic acids is 2. The molecule has 3 saturated heterocycles. The zero-order valence-corrected chi connectivity index (χ0v) is 32.5. The fraction of sp³-hybridized carbons (Fsp3) is 0.400. The van der Waals surface area contributed by atoms with Gasteiger partial charge in [-0.15, -0.1) is 0 Å². The molecule has 0 saturated carbocycles. The Morgan fingerprint density at radius 1 is 0.759 bits per heavy atom. The molecule has 2 amide bonds. The minimum atomic E-state index is 0.0980. The van der Waals surface area contributed by atoms with Gasteiger partial charge in [-0.3, -0.25) is 29.4 Å². The highest BCUT2D eigenvalue weighted by molar-refractivity contribution is 6.39. The van der Waals surface area contributed by atoms with E-state index >= 15 is 0 Å². The molecule has 0 N–H and O–H groups in total. The zero-order chi connectivity index (χ0) is 37.7. The molecule has 3 fully saturated rings. The van der Waals surface area contributed by atoms with E-state index in [-0.39, 0.29) is 17.2 Å². The monoisotopic (exact) mass is 767 g/mol. The normalized spacial score (nSPS) is 17.1. The third-order valence-electron chi connectivity index (χ3n) is 11.0. The van der Waals surface area contributed by atoms with Gasteiger partial charge in [0.25, 0.3) is 0 Å². The average Bonchev–Trinajstić information content (AvgIpc) is 3.49. The van der Waals surface area contributed by atoms with Crippen LogP contribution in [-0.2, 0) is 29.2 Å². The molecule has 3 aromatic heterocycles. The molecule has 280 valence electrons. The molecule has 6 heterocycles. The molecule has 3 aliphatic heterocycles. The third kappa shape index (κ3) is 6.70. The number of fused-ring (bicyclic) bond motifs is 1. The number of likely N-dealkylation sites (tertiary alicyclic amines) is 2. The molecule has 0 bridgehead atoms. The van der Waals surface area contributed by atoms with E-state index in [2.05, 4.69) is 27.5 Å². The molecule has 5 aromatic rings. The molecule has 14 heteroatoms. The van der Waals surface area contributed by atoms with E-state index in [1.54, 1.807) is 33.4 Å². The van der Waals surface area contributed by atoms with Crippen LogP contribution in [0.2, 0.25) is 10.0 Å². The Morgan fingerprint density at radius 2 is 1.35 bits per heavy atom. The Kier molecular flexibility index (Phi) is 9.80. The second-order valence-electron chi connectivity index (χ2n) is 14.7. The molecule has 54 heavy (non-hydrogen) atoms. The Bertz CT molecular complexity index is 2260. The van der Waals surface area contributed by atoms with E-state index < -0.39 is 0 Å². The molecule has 12 nitrogen and oxygen atoms in total. The van der Waals surface area contributed by atoms with Gasteiger partial charge in [0, 0.05) is 125 Å². The van der Waals surface area contributed by atoms with Crippen LogP contribution in [0.15, 0.2) is 55.0 Å². The summed E-state index contributed by atoms with van der Waals surface area (Å²) in [6.45, 7) is 14.1. The summed E-state index contributed by atoms with van der Waals surface area (Å²) in [6, 6.07) is 11.7. The Morgan fingerprint density at radius 3 is 1.94 bits per heavy atom. The number of aromatic nitrogens is 5. The molecule has 8 rings (SSSR count). The summed E-state index contributed by atoms with van der Waals surface area (Å²) in [5, 5.41) is 1.02. The van der Waals surface area contributed by atoms with Crippen LogP contribution >= 0.6 is 23.2 Å². The highest BCUT2D eigenvalue weighted by Crippen LogP contribution is 2.43. The standard InChI is InChI=1S/C40H43Cl2N9O3/c1-5-49-19-27(18-48-21-40(22-48)23-51(24-40)26(3)53)37-38(49)45-32(17-44-37)30-10-6-8-28(35(30)41)29-9-7-11-31(36(29)42)33-16-43-34(39(46-33)54-4)20-47-12-14-50(15-13-47)25(2)52/h6-11,16-17,19H,5,12-15,18,20-24H2,1-4H3. The molecule has 0 atom stereocenters. The van der Waals surface area contributed by atoms with Gasteiger partial charge in [0.2, 0.25) is 17.7 Å². The van der Waals surface area contributed by atoms with Gasteiger partial charge in [0.1, 0.15) is 11.2 Å². The topological polar surface area (TPSA) is 113 Å². The van der Waals surface area contributed by atoms with Crippen molar-refractivity contribution in [2.24, 2.45) is 5.41 Å². The summed E-state index contributed by atoms with van der Waals surface area (Å²) >= 11 is 14.3. The van der Waals surface area contributed by atoms with E-state index in [4.69, 9.17) is 47.9 Å². The minimum Gasteiger partial charge on any atom is -0.480 e. The minimum absolute atomic E-state index is 0.0980. The number of halogens is 2. The fourth-order valence-corrected chi connectivity index (χ4v) is 8.80. The van der Waals surface area contributed by atoms with Crippen LogP contribution in [0, 0.1) is 5.41 Å². The first kappa shape index (κ1) is 36.4. The zero-order valence-electron chi connectivity index (χ0n) is 31.0. The first-order valence-corrected chi connectivity index (χ1v) is 19.1. The van der Waals surface area contributed by atoms with E-state index in [0.29, 0.717) is 52.5 Å². The van der Waals surface area contributed by atoms with Crippen LogP contribution in [0.1, 0.15) is 32.0 Å². The summed E-state index contributed by atoms with van der Waals surface area (Å²) in [6.07, 6.45) is 5.69. The van der Waals surface area contributed by atoms with E-state index in [1.165, 1.54) is 0 Å². The van der Waals surface area contributed by atoms with Crippen molar-refractivity contribution in [2.45, 2.75) is 40.4 Å². The molecule has 0 aliphatic carbocycles. The maximum Gasteiger partial charge on any atom is 0.237 e. The van der Waals surface area contributed by atoms with Crippen LogP contribution in [0.25, 0.3) is 44.8 Å². The number of benzene rings is 2. The van der Waals surface area contributed by atoms with Crippen molar-refractivity contribution in [1.82, 2.24) is 44.1 Å². The Hall–Kier alpha value is -4.62. The number of hydrogen-bond donors (Lipinski definition) is 0. The highest BCUT2D eigenvalue weighted by atomic mass is 35.5. The summed E-state index contributed by atoms with van der Waals surface area (Å²) in [5.41, 5.74) is 8.09. The van der Waals surface area contributed by atoms with Crippen molar-refractivity contribution in [1.29, 1.82) is 0 Å². The van der Waals surface area contributed by atoms with Gasteiger partial charge in [-0.2, -0.15) is 0 Å². The number of carbonyl (C=O) groups is 2. The van der Waals surface area contributed by atoms with Crippen molar-refractivity contribution in [2.75, 3.05) is 59.5 Å². The summed E-state index contributed by atoms with van der Waals surface area (Å²) < 4.78 is 7.83. The Labute approximate surface area is 324 Å². The number of rotatable bonds is 9. The third-order valence-corrected chi connectivity index (χ3v) is 11.8. The quantitative estimate of drug-likeness (QED) is 0.181. The van der Waals surface area contributed by atoms with Crippen molar-refractivity contribution in [3.05, 3.63) is 76.3 Å². The number of aryl methyl sites for hydroxylation is 1. The van der Waals surface area contributed by atoms with Crippen LogP contribution in [0.5, 0.6) is 5.88 Å². The van der Waals surface area contributed by atoms with Gasteiger partial charge in [-0.25, -0.2) is 9.97 Å². The van der Waals surface area contributed by atoms with E-state index in [9.17, 15) is 9.59 Å². The predicted octanol–water partition coefficient (Wildman–Crippen LogP) is 5.89. The lowest BCUT2D eigenvalue weighted by Gasteiger charge is -2.60. The van der Waals surface area contributed by atoms with Gasteiger partial charge in [0.15, 0.2) is 5.65 Å². The number of piperazine rings is 1. The molecule has 1 spiro atoms. The molecule has 0 unspecified atom stereocenters. The number of ether oxygens (including phenoxy) is 1. The first-order chi connectivity index (χ1) is 26.1. The second kappa shape index (κ2) is 14.6.